The van der Waals surface area contributed by atoms with Gasteiger partial charge in [0.05, 0.1) is 11.9 Å². The van der Waals surface area contributed by atoms with Gasteiger partial charge in [-0.25, -0.2) is 0 Å². The molecule has 1 unspecified atom stereocenters. The van der Waals surface area contributed by atoms with Gasteiger partial charge >= 0.3 is 0 Å². The van der Waals surface area contributed by atoms with Gasteiger partial charge in [-0.1, -0.05) is 6.08 Å². The SMILES string of the molecule is C=CCC1CCOS1(=O)=O. The van der Waals surface area contributed by atoms with Gasteiger partial charge in [0.25, 0.3) is 10.1 Å². The van der Waals surface area contributed by atoms with Crippen LogP contribution in [0.5, 0.6) is 0 Å². The second-order valence-corrected chi connectivity index (χ2v) is 4.14. The Labute approximate surface area is 60.8 Å². The summed E-state index contributed by atoms with van der Waals surface area (Å²) in [7, 11) is -3.22. The predicted molar refractivity (Wildman–Crippen MR) is 38.1 cm³/mol. The van der Waals surface area contributed by atoms with Crippen molar-refractivity contribution in [3.63, 3.8) is 0 Å². The first kappa shape index (κ1) is 7.75. The average molecular weight is 162 g/mol. The number of allylic oxidation sites excluding steroid dienone is 1. The predicted octanol–water partition coefficient (Wildman–Crippen LogP) is 0.681. The third-order valence-corrected chi connectivity index (χ3v) is 3.27. The van der Waals surface area contributed by atoms with E-state index in [4.69, 9.17) is 0 Å². The maximum absolute atomic E-state index is 10.9. The fourth-order valence-corrected chi connectivity index (χ4v) is 2.24. The Morgan fingerprint density at radius 1 is 1.70 bits per heavy atom. The first-order valence-corrected chi connectivity index (χ1v) is 4.63. The van der Waals surface area contributed by atoms with Gasteiger partial charge in [0.1, 0.15) is 0 Å². The summed E-state index contributed by atoms with van der Waals surface area (Å²) >= 11 is 0. The van der Waals surface area contributed by atoms with Crippen LogP contribution < -0.4 is 0 Å². The zero-order valence-corrected chi connectivity index (χ0v) is 6.43. The van der Waals surface area contributed by atoms with Crippen LogP contribution in [0.4, 0.5) is 0 Å². The molecule has 58 valence electrons. The maximum atomic E-state index is 10.9. The minimum Gasteiger partial charge on any atom is -0.270 e. The molecule has 0 aromatic carbocycles. The standard InChI is InChI=1S/C6H10O3S/c1-2-3-6-4-5-9-10(6,7)8/h2,6H,1,3-5H2. The number of hydrogen-bond donors (Lipinski definition) is 0. The zero-order chi connectivity index (χ0) is 7.61. The lowest BCUT2D eigenvalue weighted by Gasteiger charge is -2.00. The molecule has 10 heavy (non-hydrogen) atoms. The van der Waals surface area contributed by atoms with Gasteiger partial charge in [-0.05, 0) is 12.8 Å². The van der Waals surface area contributed by atoms with Crippen LogP contribution in [-0.4, -0.2) is 20.3 Å². The molecule has 1 atom stereocenters. The molecule has 1 aliphatic rings. The van der Waals surface area contributed by atoms with E-state index in [1.165, 1.54) is 0 Å². The van der Waals surface area contributed by atoms with Gasteiger partial charge in [-0.2, -0.15) is 8.42 Å². The Morgan fingerprint density at radius 3 is 2.80 bits per heavy atom. The van der Waals surface area contributed by atoms with Gasteiger partial charge in [0.15, 0.2) is 0 Å². The molecule has 4 heteroatoms. The van der Waals surface area contributed by atoms with E-state index in [-0.39, 0.29) is 5.25 Å². The van der Waals surface area contributed by atoms with E-state index in [9.17, 15) is 8.42 Å². The van der Waals surface area contributed by atoms with Gasteiger partial charge < -0.3 is 0 Å². The Hall–Kier alpha value is -0.350. The Kier molecular flexibility index (Phi) is 2.11. The molecular weight excluding hydrogens is 152 g/mol. The van der Waals surface area contributed by atoms with Crippen LogP contribution in [0.1, 0.15) is 12.8 Å². The molecule has 0 N–H and O–H groups in total. The summed E-state index contributed by atoms with van der Waals surface area (Å²) in [5, 5.41) is -0.343. The van der Waals surface area contributed by atoms with Crippen LogP contribution in [0.2, 0.25) is 0 Å². The van der Waals surface area contributed by atoms with Crippen molar-refractivity contribution < 1.29 is 12.6 Å². The maximum Gasteiger partial charge on any atom is 0.270 e. The third kappa shape index (κ3) is 1.38. The molecule has 0 amide bonds. The summed E-state index contributed by atoms with van der Waals surface area (Å²) in [6.45, 7) is 3.80. The Bertz CT molecular complexity index is 217. The van der Waals surface area contributed by atoms with E-state index >= 15 is 0 Å². The van der Waals surface area contributed by atoms with Crippen LogP contribution >= 0.6 is 0 Å². The molecule has 0 radical (unpaired) electrons. The van der Waals surface area contributed by atoms with Crippen LogP contribution in [-0.2, 0) is 14.3 Å². The van der Waals surface area contributed by atoms with Crippen molar-refractivity contribution in [2.45, 2.75) is 18.1 Å². The first-order chi connectivity index (χ1) is 4.67. The molecule has 1 saturated heterocycles. The Morgan fingerprint density at radius 2 is 2.40 bits per heavy atom. The van der Waals surface area contributed by atoms with Crippen LogP contribution in [0.15, 0.2) is 12.7 Å². The highest BCUT2D eigenvalue weighted by Gasteiger charge is 2.31. The number of rotatable bonds is 2. The van der Waals surface area contributed by atoms with Gasteiger partial charge in [0.2, 0.25) is 0 Å². The Balaban J connectivity index is 2.69. The lowest BCUT2D eigenvalue weighted by atomic mass is 10.2. The van der Waals surface area contributed by atoms with E-state index in [0.29, 0.717) is 19.4 Å². The fraction of sp³-hybridized carbons (Fsp3) is 0.667. The molecule has 0 saturated carbocycles. The summed E-state index contributed by atoms with van der Waals surface area (Å²) in [5.74, 6) is 0. The molecule has 0 aromatic rings. The molecule has 0 aliphatic carbocycles. The van der Waals surface area contributed by atoms with Crippen LogP contribution in [0.3, 0.4) is 0 Å². The molecule has 1 aliphatic heterocycles. The van der Waals surface area contributed by atoms with Crippen LogP contribution in [0, 0.1) is 0 Å². The molecular formula is C6H10O3S. The van der Waals surface area contributed by atoms with Crippen molar-refractivity contribution in [1.29, 1.82) is 0 Å². The highest BCUT2D eigenvalue weighted by atomic mass is 32.2. The number of hydrogen-bond acceptors (Lipinski definition) is 3. The highest BCUT2D eigenvalue weighted by molar-refractivity contribution is 7.87. The second-order valence-electron chi connectivity index (χ2n) is 2.25. The summed E-state index contributed by atoms with van der Waals surface area (Å²) in [5.41, 5.74) is 0. The minimum atomic E-state index is -3.22. The van der Waals surface area contributed by atoms with Crippen molar-refractivity contribution in [3.8, 4) is 0 Å². The highest BCUT2D eigenvalue weighted by Crippen LogP contribution is 2.20. The van der Waals surface area contributed by atoms with E-state index in [2.05, 4.69) is 10.8 Å². The first-order valence-electron chi connectivity index (χ1n) is 3.16. The summed E-state index contributed by atoms with van der Waals surface area (Å²) < 4.78 is 26.3. The largest absolute Gasteiger partial charge is 0.270 e. The van der Waals surface area contributed by atoms with Crippen molar-refractivity contribution in [3.05, 3.63) is 12.7 Å². The van der Waals surface area contributed by atoms with E-state index in [1.54, 1.807) is 6.08 Å². The lowest BCUT2D eigenvalue weighted by Crippen LogP contribution is -2.13. The molecule has 3 nitrogen and oxygen atoms in total. The van der Waals surface area contributed by atoms with E-state index in [0.717, 1.165) is 0 Å². The second kappa shape index (κ2) is 2.72. The third-order valence-electron chi connectivity index (χ3n) is 1.53. The monoisotopic (exact) mass is 162 g/mol. The normalized spacial score (nSPS) is 30.2. The average Bonchev–Trinajstić information content (AvgIpc) is 2.13. The van der Waals surface area contributed by atoms with Crippen molar-refractivity contribution in [2.24, 2.45) is 0 Å². The van der Waals surface area contributed by atoms with Gasteiger partial charge in [-0.15, -0.1) is 6.58 Å². The van der Waals surface area contributed by atoms with Crippen molar-refractivity contribution >= 4 is 10.1 Å². The minimum absolute atomic E-state index is 0.334. The summed E-state index contributed by atoms with van der Waals surface area (Å²) in [6.07, 6.45) is 2.72. The molecule has 1 fully saturated rings. The van der Waals surface area contributed by atoms with Crippen molar-refractivity contribution in [2.75, 3.05) is 6.61 Å². The summed E-state index contributed by atoms with van der Waals surface area (Å²) in [6, 6.07) is 0. The van der Waals surface area contributed by atoms with Crippen molar-refractivity contribution in [1.82, 2.24) is 0 Å². The molecule has 1 heterocycles. The van der Waals surface area contributed by atoms with E-state index in [1.807, 2.05) is 0 Å². The van der Waals surface area contributed by atoms with Gasteiger partial charge in [0, 0.05) is 0 Å². The molecule has 0 spiro atoms. The van der Waals surface area contributed by atoms with Gasteiger partial charge in [-0.3, -0.25) is 4.18 Å². The van der Waals surface area contributed by atoms with E-state index < -0.39 is 10.1 Å². The smallest absolute Gasteiger partial charge is 0.270 e. The topological polar surface area (TPSA) is 43.4 Å². The summed E-state index contributed by atoms with van der Waals surface area (Å²) in [4.78, 5) is 0. The molecule has 1 rings (SSSR count). The quantitative estimate of drug-likeness (QED) is 0.443. The zero-order valence-electron chi connectivity index (χ0n) is 5.62. The fourth-order valence-electron chi connectivity index (χ4n) is 0.958. The molecule has 0 bridgehead atoms. The van der Waals surface area contributed by atoms with Crippen LogP contribution in [0.25, 0.3) is 0 Å². The lowest BCUT2D eigenvalue weighted by molar-refractivity contribution is 0.354. The molecule has 0 aromatic heterocycles.